The van der Waals surface area contributed by atoms with Gasteiger partial charge in [0.1, 0.15) is 17.6 Å². The Morgan fingerprint density at radius 1 is 1.15 bits per heavy atom. The molecule has 0 spiro atoms. The predicted octanol–water partition coefficient (Wildman–Crippen LogP) is 4.96. The number of pyridine rings is 2. The van der Waals surface area contributed by atoms with Crippen LogP contribution in [0.1, 0.15) is 24.3 Å². The first-order valence-corrected chi connectivity index (χ1v) is 11.5. The molecule has 1 fully saturated rings. The summed E-state index contributed by atoms with van der Waals surface area (Å²) in [6, 6.07) is 7.63. The van der Waals surface area contributed by atoms with E-state index in [1.165, 1.54) is 0 Å². The number of aryl methyl sites for hydroxylation is 1. The Morgan fingerprint density at radius 2 is 1.94 bits per heavy atom. The summed E-state index contributed by atoms with van der Waals surface area (Å²) in [5, 5.41) is 18.9. The minimum atomic E-state index is -0.448. The lowest BCUT2D eigenvalue weighted by atomic mass is 10.1. The maximum absolute atomic E-state index is 9.53. The molecule has 8 nitrogen and oxygen atoms in total. The van der Waals surface area contributed by atoms with Crippen molar-refractivity contribution in [3.05, 3.63) is 58.0 Å². The molecule has 10 heteroatoms. The number of hydrogen-bond donors (Lipinski definition) is 2. The molecule has 5 rings (SSSR count). The summed E-state index contributed by atoms with van der Waals surface area (Å²) in [6.45, 7) is 4.90. The Balaban J connectivity index is 1.49. The van der Waals surface area contributed by atoms with E-state index in [1.54, 1.807) is 19.5 Å². The summed E-state index contributed by atoms with van der Waals surface area (Å²) in [4.78, 5) is 10.8. The average molecular weight is 500 g/mol. The van der Waals surface area contributed by atoms with E-state index in [9.17, 15) is 5.11 Å². The summed E-state index contributed by atoms with van der Waals surface area (Å²) in [5.74, 6) is 1.91. The van der Waals surface area contributed by atoms with E-state index < -0.39 is 6.10 Å². The number of nitrogens with zero attached hydrogens (tertiary/aromatic N) is 4. The predicted molar refractivity (Wildman–Crippen MR) is 132 cm³/mol. The topological polar surface area (TPSA) is 96.4 Å². The average Bonchev–Trinajstić information content (AvgIpc) is 3.22. The number of β-amino-alcohol motifs (C(OH)–C–C–N with tert-alkyl or cyclic N) is 1. The molecular formula is C24H23Cl2N5O3. The zero-order chi connectivity index (χ0) is 24.0. The van der Waals surface area contributed by atoms with Crippen LogP contribution in [-0.2, 0) is 0 Å². The Bertz CT molecular complexity index is 1350. The third-order valence-corrected chi connectivity index (χ3v) is 6.73. The van der Waals surface area contributed by atoms with Crippen LogP contribution in [0.15, 0.2) is 36.7 Å². The second-order valence-corrected chi connectivity index (χ2v) is 9.05. The zero-order valence-corrected chi connectivity index (χ0v) is 20.4. The molecule has 2 N–H and O–H groups in total. The molecule has 1 saturated heterocycles. The van der Waals surface area contributed by atoms with Crippen molar-refractivity contribution >= 4 is 39.9 Å². The first-order chi connectivity index (χ1) is 16.4. The molecule has 0 amide bonds. The number of rotatable bonds is 6. The van der Waals surface area contributed by atoms with Gasteiger partial charge in [-0.3, -0.25) is 10.1 Å². The van der Waals surface area contributed by atoms with Crippen molar-refractivity contribution in [1.82, 2.24) is 20.2 Å². The number of anilines is 1. The van der Waals surface area contributed by atoms with Crippen molar-refractivity contribution in [2.45, 2.75) is 26.1 Å². The lowest BCUT2D eigenvalue weighted by Gasteiger charge is -2.36. The molecule has 0 aliphatic carbocycles. The SMILES string of the molecule is COc1cc2[nH]nc(-c3ccc(N4CC(O)C4)nc3)c2cc1OC(C)c1c(Cl)cnc(C)c1Cl. The van der Waals surface area contributed by atoms with Crippen LogP contribution in [0.3, 0.4) is 0 Å². The van der Waals surface area contributed by atoms with Crippen molar-refractivity contribution in [3.63, 3.8) is 0 Å². The van der Waals surface area contributed by atoms with E-state index in [0.29, 0.717) is 45.9 Å². The zero-order valence-electron chi connectivity index (χ0n) is 18.8. The maximum Gasteiger partial charge on any atom is 0.162 e. The molecule has 0 bridgehead atoms. The van der Waals surface area contributed by atoms with Gasteiger partial charge in [0.2, 0.25) is 0 Å². The van der Waals surface area contributed by atoms with E-state index in [-0.39, 0.29) is 6.10 Å². The number of fused-ring (bicyclic) bond motifs is 1. The molecular weight excluding hydrogens is 477 g/mol. The highest BCUT2D eigenvalue weighted by Crippen LogP contribution is 2.40. The molecule has 1 unspecified atom stereocenters. The van der Waals surface area contributed by atoms with Crippen LogP contribution < -0.4 is 14.4 Å². The van der Waals surface area contributed by atoms with Crippen LogP contribution in [0.4, 0.5) is 5.82 Å². The number of aromatic amines is 1. The summed E-state index contributed by atoms with van der Waals surface area (Å²) in [5.41, 5.74) is 3.75. The van der Waals surface area contributed by atoms with E-state index in [0.717, 1.165) is 28.0 Å². The number of H-pyrrole nitrogens is 1. The van der Waals surface area contributed by atoms with Crippen molar-refractivity contribution in [2.24, 2.45) is 0 Å². The smallest absolute Gasteiger partial charge is 0.162 e. The van der Waals surface area contributed by atoms with Crippen LogP contribution >= 0.6 is 23.2 Å². The number of halogens is 2. The molecule has 176 valence electrons. The first kappa shape index (κ1) is 22.7. The summed E-state index contributed by atoms with van der Waals surface area (Å²) < 4.78 is 11.9. The van der Waals surface area contributed by atoms with Gasteiger partial charge in [-0.2, -0.15) is 5.10 Å². The molecule has 0 saturated carbocycles. The monoisotopic (exact) mass is 499 g/mol. The van der Waals surface area contributed by atoms with Gasteiger partial charge >= 0.3 is 0 Å². The third-order valence-electron chi connectivity index (χ3n) is 5.95. The number of nitrogens with one attached hydrogen (secondary N) is 1. The largest absolute Gasteiger partial charge is 0.493 e. The Hall–Kier alpha value is -3.07. The number of aliphatic hydroxyl groups is 1. The lowest BCUT2D eigenvalue weighted by molar-refractivity contribution is 0.141. The molecule has 1 aliphatic heterocycles. The van der Waals surface area contributed by atoms with E-state index in [1.807, 2.05) is 43.0 Å². The lowest BCUT2D eigenvalue weighted by Crippen LogP contribution is -2.51. The maximum atomic E-state index is 9.53. The Morgan fingerprint density at radius 3 is 2.62 bits per heavy atom. The van der Waals surface area contributed by atoms with Gasteiger partial charge in [0, 0.05) is 48.1 Å². The second kappa shape index (κ2) is 8.94. The molecule has 1 aliphatic rings. The van der Waals surface area contributed by atoms with Crippen LogP contribution in [0.2, 0.25) is 10.0 Å². The minimum Gasteiger partial charge on any atom is -0.493 e. The summed E-state index contributed by atoms with van der Waals surface area (Å²) in [7, 11) is 1.59. The van der Waals surface area contributed by atoms with Crippen LogP contribution in [0.25, 0.3) is 22.2 Å². The van der Waals surface area contributed by atoms with Crippen molar-refractivity contribution < 1.29 is 14.6 Å². The number of aliphatic hydroxyl groups excluding tert-OH is 1. The van der Waals surface area contributed by atoms with Gasteiger partial charge in [0.25, 0.3) is 0 Å². The van der Waals surface area contributed by atoms with Gasteiger partial charge in [-0.15, -0.1) is 0 Å². The van der Waals surface area contributed by atoms with Gasteiger partial charge in [0.15, 0.2) is 11.5 Å². The van der Waals surface area contributed by atoms with E-state index in [2.05, 4.69) is 20.2 Å². The van der Waals surface area contributed by atoms with Gasteiger partial charge in [0.05, 0.1) is 34.5 Å². The summed E-state index contributed by atoms with van der Waals surface area (Å²) >= 11 is 12.9. The summed E-state index contributed by atoms with van der Waals surface area (Å²) in [6.07, 6.45) is 2.62. The van der Waals surface area contributed by atoms with Crippen LogP contribution in [-0.4, -0.2) is 51.6 Å². The van der Waals surface area contributed by atoms with Gasteiger partial charge in [-0.25, -0.2) is 4.98 Å². The normalized spacial score (nSPS) is 14.8. The van der Waals surface area contributed by atoms with Crippen molar-refractivity contribution in [2.75, 3.05) is 25.1 Å². The highest BCUT2D eigenvalue weighted by Gasteiger charge is 2.25. The van der Waals surface area contributed by atoms with Gasteiger partial charge in [-0.05, 0) is 32.0 Å². The van der Waals surface area contributed by atoms with Crippen LogP contribution in [0, 0.1) is 6.92 Å². The number of aromatic nitrogens is 4. The molecule has 4 heterocycles. The second-order valence-electron chi connectivity index (χ2n) is 8.26. The number of methoxy groups -OCH3 is 1. The molecule has 1 aromatic carbocycles. The van der Waals surface area contributed by atoms with Crippen LogP contribution in [0.5, 0.6) is 11.5 Å². The first-order valence-electron chi connectivity index (χ1n) is 10.8. The third kappa shape index (κ3) is 4.02. The fourth-order valence-corrected chi connectivity index (χ4v) is 4.70. The standard InChI is InChI=1S/C24H23Cl2N5O3/c1-12-23(26)22(17(25)9-27-12)13(2)34-20-6-16-18(7-19(20)33-3)29-30-24(16)14-4-5-21(28-8-14)31-10-15(32)11-31/h4-9,13,15,32H,10-11H2,1-3H3,(H,29,30). The molecule has 0 radical (unpaired) electrons. The number of benzene rings is 1. The highest BCUT2D eigenvalue weighted by atomic mass is 35.5. The quantitative estimate of drug-likeness (QED) is 0.386. The minimum absolute atomic E-state index is 0.284. The highest BCUT2D eigenvalue weighted by molar-refractivity contribution is 6.36. The number of hydrogen-bond acceptors (Lipinski definition) is 7. The van der Waals surface area contributed by atoms with Gasteiger partial charge in [-0.1, -0.05) is 23.2 Å². The number of ether oxygens (including phenoxy) is 2. The van der Waals surface area contributed by atoms with E-state index in [4.69, 9.17) is 32.7 Å². The van der Waals surface area contributed by atoms with Crippen molar-refractivity contribution in [3.8, 4) is 22.8 Å². The Kier molecular flexibility index (Phi) is 5.97. The fraction of sp³-hybridized carbons (Fsp3) is 0.292. The fourth-order valence-electron chi connectivity index (χ4n) is 4.05. The molecule has 34 heavy (non-hydrogen) atoms. The Labute approximate surface area is 206 Å². The van der Waals surface area contributed by atoms with E-state index >= 15 is 0 Å². The molecule has 4 aromatic rings. The van der Waals surface area contributed by atoms with Crippen molar-refractivity contribution in [1.29, 1.82) is 0 Å². The molecule has 3 aromatic heterocycles. The molecule has 1 atom stereocenters. The van der Waals surface area contributed by atoms with Gasteiger partial charge < -0.3 is 19.5 Å².